The highest BCUT2D eigenvalue weighted by Crippen LogP contribution is 2.48. The molecule has 0 fully saturated rings. The molecule has 0 aliphatic heterocycles. The Morgan fingerprint density at radius 1 is 1.35 bits per heavy atom. The molecule has 1 unspecified atom stereocenters. The first kappa shape index (κ1) is 16.7. The Bertz CT molecular complexity index is 822. The Hall–Kier alpha value is -1.16. The topological polar surface area (TPSA) is 26.3 Å². The van der Waals surface area contributed by atoms with Crippen LogP contribution < -0.4 is 5.43 Å². The van der Waals surface area contributed by atoms with E-state index in [1.807, 2.05) is 30.3 Å². The van der Waals surface area contributed by atoms with Gasteiger partial charge in [0.15, 0.2) is 5.43 Å². The van der Waals surface area contributed by atoms with E-state index in [0.29, 0.717) is 23.6 Å². The Balaban J connectivity index is 2.34. The van der Waals surface area contributed by atoms with Crippen molar-refractivity contribution in [1.29, 1.82) is 0 Å². The molecular formula is C19H21ClO2S. The minimum Gasteiger partial charge on any atom is -0.369 e. The number of ether oxygens (including phenoxy) is 1. The molecule has 0 saturated carbocycles. The van der Waals surface area contributed by atoms with Crippen LogP contribution in [0.25, 0.3) is 15.1 Å². The maximum atomic E-state index is 13.0. The summed E-state index contributed by atoms with van der Waals surface area (Å²) < 4.78 is 7.32. The van der Waals surface area contributed by atoms with Crippen molar-refractivity contribution in [2.24, 2.45) is 5.92 Å². The van der Waals surface area contributed by atoms with Crippen LogP contribution in [0.4, 0.5) is 0 Å². The molecule has 1 aromatic heterocycles. The van der Waals surface area contributed by atoms with Crippen LogP contribution in [-0.2, 0) is 10.3 Å². The van der Waals surface area contributed by atoms with Gasteiger partial charge in [-0.05, 0) is 24.5 Å². The summed E-state index contributed by atoms with van der Waals surface area (Å²) in [5, 5.41) is 1.29. The first-order valence-corrected chi connectivity index (χ1v) is 9.27. The molecule has 3 rings (SSSR count). The molecule has 0 N–H and O–H groups in total. The van der Waals surface area contributed by atoms with Gasteiger partial charge in [0.05, 0.1) is 10.4 Å². The van der Waals surface area contributed by atoms with E-state index in [0.717, 1.165) is 21.4 Å². The fourth-order valence-corrected chi connectivity index (χ4v) is 4.97. The summed E-state index contributed by atoms with van der Waals surface area (Å²) in [6, 6.07) is 7.73. The number of fused-ring (bicyclic) bond motifs is 2. The highest BCUT2D eigenvalue weighted by Gasteiger charge is 2.42. The molecule has 0 saturated heterocycles. The standard InChI is InChI=1S/C19H21ClO2S/c1-4-11-22-19(12(2)3)10-9-14(20)16-17(21)13-7-5-6-8-15(13)23-18(16)19/h5-9,12H,4,10-11H2,1-3H3. The van der Waals surface area contributed by atoms with E-state index in [4.69, 9.17) is 16.3 Å². The van der Waals surface area contributed by atoms with Crippen LogP contribution in [0.5, 0.6) is 0 Å². The summed E-state index contributed by atoms with van der Waals surface area (Å²) in [6.07, 6.45) is 3.61. The lowest BCUT2D eigenvalue weighted by atomic mass is 9.80. The number of hydrogen-bond acceptors (Lipinski definition) is 3. The van der Waals surface area contributed by atoms with Crippen LogP contribution >= 0.6 is 22.9 Å². The van der Waals surface area contributed by atoms with Gasteiger partial charge < -0.3 is 4.74 Å². The molecule has 2 aromatic rings. The predicted octanol–water partition coefficient (Wildman–Crippen LogP) is 5.52. The van der Waals surface area contributed by atoms with Gasteiger partial charge in [-0.25, -0.2) is 0 Å². The monoisotopic (exact) mass is 348 g/mol. The number of halogens is 1. The highest BCUT2D eigenvalue weighted by molar-refractivity contribution is 7.18. The molecule has 1 aliphatic carbocycles. The molecule has 1 aliphatic rings. The predicted molar refractivity (Wildman–Crippen MR) is 99.3 cm³/mol. The van der Waals surface area contributed by atoms with Crippen molar-refractivity contribution in [3.63, 3.8) is 0 Å². The van der Waals surface area contributed by atoms with E-state index < -0.39 is 5.60 Å². The molecule has 4 heteroatoms. The zero-order valence-electron chi connectivity index (χ0n) is 13.7. The zero-order chi connectivity index (χ0) is 16.6. The summed E-state index contributed by atoms with van der Waals surface area (Å²) in [5.74, 6) is 0.255. The molecule has 2 nitrogen and oxygen atoms in total. The van der Waals surface area contributed by atoms with Gasteiger partial charge in [0.1, 0.15) is 5.60 Å². The van der Waals surface area contributed by atoms with Gasteiger partial charge in [-0.2, -0.15) is 0 Å². The van der Waals surface area contributed by atoms with Gasteiger partial charge >= 0.3 is 0 Å². The van der Waals surface area contributed by atoms with Crippen LogP contribution in [-0.4, -0.2) is 6.61 Å². The maximum Gasteiger partial charge on any atom is 0.197 e. The van der Waals surface area contributed by atoms with E-state index in [1.54, 1.807) is 11.3 Å². The number of rotatable bonds is 4. The van der Waals surface area contributed by atoms with E-state index >= 15 is 0 Å². The van der Waals surface area contributed by atoms with Gasteiger partial charge in [0.25, 0.3) is 0 Å². The van der Waals surface area contributed by atoms with Gasteiger partial charge in [-0.3, -0.25) is 4.79 Å². The van der Waals surface area contributed by atoms with Crippen LogP contribution in [0.1, 0.15) is 44.1 Å². The molecule has 1 aromatic carbocycles. The Kier molecular flexibility index (Phi) is 4.63. The second kappa shape index (κ2) is 6.39. The average Bonchev–Trinajstić information content (AvgIpc) is 2.54. The first-order valence-electron chi connectivity index (χ1n) is 8.07. The average molecular weight is 349 g/mol. The third-order valence-corrected chi connectivity index (χ3v) is 6.17. The fourth-order valence-electron chi connectivity index (χ4n) is 3.17. The molecule has 23 heavy (non-hydrogen) atoms. The largest absolute Gasteiger partial charge is 0.369 e. The van der Waals surface area contributed by atoms with Crippen molar-refractivity contribution < 1.29 is 4.74 Å². The molecule has 122 valence electrons. The van der Waals surface area contributed by atoms with Crippen molar-refractivity contribution in [3.05, 3.63) is 51.0 Å². The van der Waals surface area contributed by atoms with E-state index in [9.17, 15) is 4.79 Å². The lowest BCUT2D eigenvalue weighted by Gasteiger charge is -2.40. The van der Waals surface area contributed by atoms with E-state index in [1.165, 1.54) is 0 Å². The lowest BCUT2D eigenvalue weighted by Crippen LogP contribution is -2.38. The number of benzene rings is 1. The highest BCUT2D eigenvalue weighted by atomic mass is 35.5. The van der Waals surface area contributed by atoms with Gasteiger partial charge in [-0.15, -0.1) is 11.3 Å². The second-order valence-corrected chi connectivity index (χ2v) is 7.74. The van der Waals surface area contributed by atoms with Crippen molar-refractivity contribution in [3.8, 4) is 0 Å². The van der Waals surface area contributed by atoms with Gasteiger partial charge in [0.2, 0.25) is 0 Å². The Morgan fingerprint density at radius 2 is 2.09 bits per heavy atom. The molecule has 1 atom stereocenters. The summed E-state index contributed by atoms with van der Waals surface area (Å²) in [4.78, 5) is 14.0. The molecule has 0 radical (unpaired) electrons. The van der Waals surface area contributed by atoms with E-state index in [-0.39, 0.29) is 11.3 Å². The van der Waals surface area contributed by atoms with Crippen LogP contribution in [0.3, 0.4) is 0 Å². The molecule has 1 heterocycles. The number of hydrogen-bond donors (Lipinski definition) is 0. The second-order valence-electron chi connectivity index (χ2n) is 6.28. The normalized spacial score (nSPS) is 20.7. The van der Waals surface area contributed by atoms with Crippen molar-refractivity contribution in [2.45, 2.75) is 39.2 Å². The zero-order valence-corrected chi connectivity index (χ0v) is 15.3. The fraction of sp³-hybridized carbons (Fsp3) is 0.421. The van der Waals surface area contributed by atoms with Crippen molar-refractivity contribution in [1.82, 2.24) is 0 Å². The molecule has 0 amide bonds. The minimum atomic E-state index is -0.461. The summed E-state index contributed by atoms with van der Waals surface area (Å²) in [7, 11) is 0. The smallest absolute Gasteiger partial charge is 0.197 e. The van der Waals surface area contributed by atoms with Crippen LogP contribution in [0.2, 0.25) is 0 Å². The van der Waals surface area contributed by atoms with Crippen molar-refractivity contribution in [2.75, 3.05) is 6.61 Å². The van der Waals surface area contributed by atoms with E-state index in [2.05, 4.69) is 20.8 Å². The van der Waals surface area contributed by atoms with Gasteiger partial charge in [-0.1, -0.05) is 50.6 Å². The van der Waals surface area contributed by atoms with Crippen molar-refractivity contribution >= 4 is 38.1 Å². The Labute approximate surface area is 145 Å². The first-order chi connectivity index (χ1) is 11.0. The SMILES string of the molecule is CCCOC1(C(C)C)CC=C(Cl)c2c1sc1ccccc1c2=O. The summed E-state index contributed by atoms with van der Waals surface area (Å²) in [6.45, 7) is 7.08. The van der Waals surface area contributed by atoms with Crippen LogP contribution in [0.15, 0.2) is 35.1 Å². The lowest BCUT2D eigenvalue weighted by molar-refractivity contribution is -0.0807. The third-order valence-electron chi connectivity index (χ3n) is 4.50. The molecule has 0 spiro atoms. The maximum absolute atomic E-state index is 13.0. The Morgan fingerprint density at radius 3 is 2.78 bits per heavy atom. The molecular weight excluding hydrogens is 328 g/mol. The van der Waals surface area contributed by atoms with Gasteiger partial charge in [0, 0.05) is 28.1 Å². The molecule has 0 bridgehead atoms. The minimum absolute atomic E-state index is 0.0143. The van der Waals surface area contributed by atoms with Crippen LogP contribution in [0, 0.1) is 5.92 Å². The quantitative estimate of drug-likeness (QED) is 0.726. The summed E-state index contributed by atoms with van der Waals surface area (Å²) >= 11 is 8.07. The summed E-state index contributed by atoms with van der Waals surface area (Å²) in [5.41, 5.74) is 0.185. The third kappa shape index (κ3) is 2.65.